The van der Waals surface area contributed by atoms with Gasteiger partial charge in [0.25, 0.3) is 5.82 Å². The predicted molar refractivity (Wildman–Crippen MR) is 142 cm³/mol. The lowest BCUT2D eigenvalue weighted by molar-refractivity contribution is -0.727. The molecule has 32 heavy (non-hydrogen) atoms. The minimum absolute atomic E-state index is 0.621. The van der Waals surface area contributed by atoms with E-state index in [0.29, 0.717) is 12.0 Å². The molecule has 0 aliphatic rings. The van der Waals surface area contributed by atoms with E-state index in [0.717, 1.165) is 0 Å². The fraction of sp³-hybridized carbons (Fsp3) is 0.900. The van der Waals surface area contributed by atoms with Gasteiger partial charge in [0.2, 0.25) is 0 Å². The quantitative estimate of drug-likeness (QED) is 0.127. The maximum absolute atomic E-state index is 3.57. The van der Waals surface area contributed by atoms with Crippen LogP contribution in [0.1, 0.15) is 180 Å². The second-order valence-electron chi connectivity index (χ2n) is 10.6. The Kier molecular flexibility index (Phi) is 19.0. The molecule has 0 saturated heterocycles. The van der Waals surface area contributed by atoms with E-state index < -0.39 is 0 Å². The van der Waals surface area contributed by atoms with Crippen LogP contribution in [0.2, 0.25) is 0 Å². The van der Waals surface area contributed by atoms with Crippen LogP contribution in [0.3, 0.4) is 0 Å². The molecule has 188 valence electrons. The molecule has 0 aromatic carbocycles. The van der Waals surface area contributed by atoms with E-state index in [1.165, 1.54) is 141 Å². The van der Waals surface area contributed by atoms with Crippen LogP contribution in [-0.2, 0) is 0 Å². The Morgan fingerprint density at radius 1 is 0.594 bits per heavy atom. The Balaban J connectivity index is 2.10. The molecule has 0 saturated carbocycles. The zero-order chi connectivity index (χ0) is 23.3. The molecule has 2 atom stereocenters. The highest BCUT2D eigenvalue weighted by Crippen LogP contribution is 2.21. The molecule has 1 aromatic rings. The minimum atomic E-state index is 0.621. The molecule has 0 aliphatic heterocycles. The molecule has 0 aliphatic carbocycles. The lowest BCUT2D eigenvalue weighted by Gasteiger charge is -2.14. The topological polar surface area (TPSA) is 19.7 Å². The van der Waals surface area contributed by atoms with E-state index in [4.69, 9.17) is 0 Å². The first kappa shape index (κ1) is 29.2. The largest absolute Gasteiger partial charge is 0.257 e. The number of H-pyrrole nitrogens is 1. The van der Waals surface area contributed by atoms with Gasteiger partial charge in [-0.1, -0.05) is 136 Å². The minimum Gasteiger partial charge on any atom is -0.247 e. The summed E-state index contributed by atoms with van der Waals surface area (Å²) in [7, 11) is 0. The summed E-state index contributed by atoms with van der Waals surface area (Å²) in [6.45, 7) is 9.43. The number of imidazole rings is 1. The summed E-state index contributed by atoms with van der Waals surface area (Å²) in [6, 6.07) is 0.621. The van der Waals surface area contributed by atoms with Crippen LogP contribution in [-0.4, -0.2) is 4.98 Å². The fourth-order valence-electron chi connectivity index (χ4n) is 5.10. The van der Waals surface area contributed by atoms with Crippen molar-refractivity contribution < 1.29 is 4.57 Å². The van der Waals surface area contributed by atoms with Crippen LogP contribution in [0.15, 0.2) is 12.4 Å². The summed E-state index contributed by atoms with van der Waals surface area (Å²) in [5, 5.41) is 0. The van der Waals surface area contributed by atoms with E-state index in [9.17, 15) is 0 Å². The SMILES string of the molecule is CCCCCCCCCCCCCC(C)c1[nH]cc[n+]1C(C)CCCCCCCCCC. The first-order chi connectivity index (χ1) is 15.7. The van der Waals surface area contributed by atoms with Gasteiger partial charge in [-0.15, -0.1) is 0 Å². The Morgan fingerprint density at radius 3 is 1.47 bits per heavy atom. The van der Waals surface area contributed by atoms with Crippen LogP contribution >= 0.6 is 0 Å². The number of hydrogen-bond donors (Lipinski definition) is 1. The maximum Gasteiger partial charge on any atom is 0.257 e. The van der Waals surface area contributed by atoms with Gasteiger partial charge in [-0.05, 0) is 26.2 Å². The maximum atomic E-state index is 3.57. The first-order valence-corrected chi connectivity index (χ1v) is 14.8. The Hall–Kier alpha value is -0.790. The van der Waals surface area contributed by atoms with Crippen molar-refractivity contribution in [2.75, 3.05) is 0 Å². The van der Waals surface area contributed by atoms with E-state index in [1.54, 1.807) is 0 Å². The van der Waals surface area contributed by atoms with Gasteiger partial charge >= 0.3 is 0 Å². The number of aromatic amines is 1. The van der Waals surface area contributed by atoms with E-state index in [-0.39, 0.29) is 0 Å². The van der Waals surface area contributed by atoms with Gasteiger partial charge < -0.3 is 0 Å². The normalized spacial score (nSPS) is 13.5. The van der Waals surface area contributed by atoms with Crippen molar-refractivity contribution in [1.82, 2.24) is 4.98 Å². The Morgan fingerprint density at radius 2 is 1.00 bits per heavy atom. The van der Waals surface area contributed by atoms with Gasteiger partial charge in [0, 0.05) is 0 Å². The summed E-state index contributed by atoms with van der Waals surface area (Å²) in [5.41, 5.74) is 0. The molecule has 2 unspecified atom stereocenters. The van der Waals surface area contributed by atoms with Crippen molar-refractivity contribution >= 4 is 0 Å². The number of rotatable bonds is 23. The highest BCUT2D eigenvalue weighted by atomic mass is 15.1. The molecule has 1 heterocycles. The monoisotopic (exact) mass is 447 g/mol. The summed E-state index contributed by atoms with van der Waals surface area (Å²) in [6.07, 6.45) is 34.1. The molecule has 0 spiro atoms. The van der Waals surface area contributed by atoms with Crippen molar-refractivity contribution in [1.29, 1.82) is 0 Å². The summed E-state index contributed by atoms with van der Waals surface area (Å²) < 4.78 is 2.53. The summed E-state index contributed by atoms with van der Waals surface area (Å²) in [5.74, 6) is 2.09. The number of aromatic nitrogens is 2. The molecule has 0 fully saturated rings. The van der Waals surface area contributed by atoms with E-state index >= 15 is 0 Å². The zero-order valence-corrected chi connectivity index (χ0v) is 22.6. The van der Waals surface area contributed by atoms with Gasteiger partial charge in [-0.2, -0.15) is 0 Å². The third-order valence-corrected chi connectivity index (χ3v) is 7.40. The second-order valence-corrected chi connectivity index (χ2v) is 10.6. The fourth-order valence-corrected chi connectivity index (χ4v) is 5.10. The van der Waals surface area contributed by atoms with Crippen LogP contribution < -0.4 is 4.57 Å². The average Bonchev–Trinajstić information content (AvgIpc) is 3.29. The highest BCUT2D eigenvalue weighted by molar-refractivity contribution is 4.87. The van der Waals surface area contributed by atoms with Crippen LogP contribution in [0.25, 0.3) is 0 Å². The molecular weight excluding hydrogens is 388 g/mol. The van der Waals surface area contributed by atoms with E-state index in [2.05, 4.69) is 49.6 Å². The van der Waals surface area contributed by atoms with Crippen LogP contribution in [0.4, 0.5) is 0 Å². The first-order valence-electron chi connectivity index (χ1n) is 14.8. The number of nitrogens with one attached hydrogen (secondary N) is 1. The van der Waals surface area contributed by atoms with Crippen LogP contribution in [0.5, 0.6) is 0 Å². The van der Waals surface area contributed by atoms with Gasteiger partial charge in [-0.3, -0.25) is 0 Å². The van der Waals surface area contributed by atoms with E-state index in [1.807, 2.05) is 0 Å². The lowest BCUT2D eigenvalue weighted by atomic mass is 10.00. The molecule has 0 amide bonds. The highest BCUT2D eigenvalue weighted by Gasteiger charge is 2.22. The second kappa shape index (κ2) is 20.8. The Bertz CT molecular complexity index is 507. The molecule has 2 heteroatoms. The summed E-state index contributed by atoms with van der Waals surface area (Å²) >= 11 is 0. The van der Waals surface area contributed by atoms with Crippen molar-refractivity contribution in [3.63, 3.8) is 0 Å². The third kappa shape index (κ3) is 14.4. The number of unbranched alkanes of at least 4 members (excludes halogenated alkanes) is 17. The van der Waals surface area contributed by atoms with Gasteiger partial charge in [0.15, 0.2) is 0 Å². The number of hydrogen-bond acceptors (Lipinski definition) is 0. The summed E-state index contributed by atoms with van der Waals surface area (Å²) in [4.78, 5) is 3.57. The average molecular weight is 448 g/mol. The van der Waals surface area contributed by atoms with Crippen molar-refractivity contribution in [2.24, 2.45) is 0 Å². The molecule has 1 rings (SSSR count). The standard InChI is InChI=1S/C30H58N2/c1-5-7-9-11-13-15-16-17-18-20-22-24-28(3)30-31-26-27-32(30)29(4)25-23-21-19-14-12-10-8-6-2/h26-29H,5-25H2,1-4H3/p+1. The zero-order valence-electron chi connectivity index (χ0n) is 22.6. The van der Waals surface area contributed by atoms with Gasteiger partial charge in [-0.25, -0.2) is 9.55 Å². The predicted octanol–water partition coefficient (Wildman–Crippen LogP) is 10.2. The van der Waals surface area contributed by atoms with Gasteiger partial charge in [0.1, 0.15) is 12.4 Å². The molecule has 2 nitrogen and oxygen atoms in total. The van der Waals surface area contributed by atoms with Crippen LogP contribution in [0, 0.1) is 0 Å². The van der Waals surface area contributed by atoms with Crippen molar-refractivity contribution in [3.8, 4) is 0 Å². The smallest absolute Gasteiger partial charge is 0.247 e. The Labute approximate surface area is 202 Å². The molecular formula is C30H59N2+. The molecule has 1 aromatic heterocycles. The van der Waals surface area contributed by atoms with Crippen molar-refractivity contribution in [2.45, 2.75) is 174 Å². The van der Waals surface area contributed by atoms with Crippen molar-refractivity contribution in [3.05, 3.63) is 18.2 Å². The van der Waals surface area contributed by atoms with Gasteiger partial charge in [0.05, 0.1) is 12.0 Å². The molecule has 1 N–H and O–H groups in total. The number of nitrogens with zero attached hydrogens (tertiary/aromatic N) is 1. The third-order valence-electron chi connectivity index (χ3n) is 7.40. The molecule has 0 radical (unpaired) electrons. The molecule has 0 bridgehead atoms. The lowest BCUT2D eigenvalue weighted by Crippen LogP contribution is -2.40.